The van der Waals surface area contributed by atoms with Crippen LogP contribution in [0.15, 0.2) is 53.8 Å². The molecule has 0 fully saturated rings. The highest BCUT2D eigenvalue weighted by Gasteiger charge is 2.07. The minimum atomic E-state index is 0. The van der Waals surface area contributed by atoms with Gasteiger partial charge in [-0.15, -0.1) is 24.0 Å². The average molecular weight is 481 g/mol. The molecule has 8 heteroatoms. The smallest absolute Gasteiger partial charge is 0.195 e. The molecular weight excluding hydrogens is 457 g/mol. The topological polar surface area (TPSA) is 72.2 Å². The van der Waals surface area contributed by atoms with Gasteiger partial charge < -0.3 is 24.5 Å². The quantitative estimate of drug-likeness (QED) is 0.322. The number of guanidine groups is 1. The van der Waals surface area contributed by atoms with Crippen LogP contribution in [-0.2, 0) is 6.42 Å². The molecule has 0 amide bonds. The number of fused-ring (bicyclic) bond motifs is 1. The normalized spacial score (nSPS) is 11.0. The Balaban J connectivity index is 0.00000261. The van der Waals surface area contributed by atoms with E-state index in [4.69, 9.17) is 9.47 Å². The van der Waals surface area contributed by atoms with Crippen LogP contribution in [0.3, 0.4) is 0 Å². The average Bonchev–Trinajstić information content (AvgIpc) is 3.09. The van der Waals surface area contributed by atoms with E-state index in [-0.39, 0.29) is 24.0 Å². The molecule has 0 atom stereocenters. The predicted molar refractivity (Wildman–Crippen MR) is 119 cm³/mol. The highest BCUT2D eigenvalue weighted by Crippen LogP contribution is 2.29. The van der Waals surface area contributed by atoms with Gasteiger partial charge in [0, 0.05) is 44.2 Å². The Hall–Kier alpha value is -2.49. The minimum Gasteiger partial charge on any atom is -0.493 e. The monoisotopic (exact) mass is 481 g/mol. The number of methoxy groups -OCH3 is 2. The summed E-state index contributed by atoms with van der Waals surface area (Å²) in [6.45, 7) is 0.719. The number of nitrogens with one attached hydrogen (secondary N) is 2. The molecule has 0 unspecified atom stereocenters. The van der Waals surface area contributed by atoms with E-state index < -0.39 is 0 Å². The number of ether oxygens (including phenoxy) is 2. The molecule has 0 bridgehead atoms. The molecular formula is C19H24IN5O2. The van der Waals surface area contributed by atoms with Gasteiger partial charge >= 0.3 is 0 Å². The summed E-state index contributed by atoms with van der Waals surface area (Å²) in [6, 6.07) is 11.6. The van der Waals surface area contributed by atoms with E-state index in [2.05, 4.69) is 20.6 Å². The van der Waals surface area contributed by atoms with Crippen LogP contribution in [0.4, 0.5) is 5.69 Å². The van der Waals surface area contributed by atoms with E-state index in [0.29, 0.717) is 17.5 Å². The summed E-state index contributed by atoms with van der Waals surface area (Å²) in [7, 11) is 4.97. The van der Waals surface area contributed by atoms with Crippen molar-refractivity contribution in [3.8, 4) is 11.5 Å². The Kier molecular flexibility index (Phi) is 7.71. The zero-order chi connectivity index (χ0) is 18.4. The fraction of sp³-hybridized carbons (Fsp3) is 0.263. The van der Waals surface area contributed by atoms with Gasteiger partial charge in [0.05, 0.1) is 19.9 Å². The predicted octanol–water partition coefficient (Wildman–Crippen LogP) is 3.20. The Labute approximate surface area is 175 Å². The van der Waals surface area contributed by atoms with Crippen molar-refractivity contribution in [3.05, 3.63) is 54.5 Å². The van der Waals surface area contributed by atoms with Gasteiger partial charge in [-0.25, -0.2) is 4.98 Å². The van der Waals surface area contributed by atoms with E-state index in [9.17, 15) is 0 Å². The van der Waals surface area contributed by atoms with E-state index in [1.54, 1.807) is 21.3 Å². The van der Waals surface area contributed by atoms with Gasteiger partial charge in [0.25, 0.3) is 0 Å². The highest BCUT2D eigenvalue weighted by molar-refractivity contribution is 14.0. The third-order valence-corrected chi connectivity index (χ3v) is 3.96. The molecule has 3 rings (SSSR count). The number of halogens is 1. The van der Waals surface area contributed by atoms with Crippen molar-refractivity contribution in [2.75, 3.05) is 33.1 Å². The van der Waals surface area contributed by atoms with Crippen LogP contribution in [0.1, 0.15) is 5.69 Å². The largest absolute Gasteiger partial charge is 0.493 e. The van der Waals surface area contributed by atoms with Crippen molar-refractivity contribution in [2.45, 2.75) is 6.42 Å². The summed E-state index contributed by atoms with van der Waals surface area (Å²) < 4.78 is 12.6. The molecule has 27 heavy (non-hydrogen) atoms. The van der Waals surface area contributed by atoms with Gasteiger partial charge in [-0.3, -0.25) is 4.99 Å². The Morgan fingerprint density at radius 1 is 1.15 bits per heavy atom. The lowest BCUT2D eigenvalue weighted by Gasteiger charge is -2.13. The standard InChI is InChI=1S/C19H23N5O2.HI/c1-20-19(23-14-7-8-16(25-2)17(12-14)26-3)21-10-9-15-13-24-11-5-4-6-18(24)22-15;/h4-8,11-13H,9-10H2,1-3H3,(H2,20,21,23);1H. The second-order valence-corrected chi connectivity index (χ2v) is 5.64. The number of anilines is 1. The summed E-state index contributed by atoms with van der Waals surface area (Å²) in [6.07, 6.45) is 4.84. The third-order valence-electron chi connectivity index (χ3n) is 3.96. The lowest BCUT2D eigenvalue weighted by Crippen LogP contribution is -2.32. The van der Waals surface area contributed by atoms with Gasteiger partial charge in [0.2, 0.25) is 0 Å². The first-order valence-corrected chi connectivity index (χ1v) is 8.36. The number of aromatic nitrogens is 2. The highest BCUT2D eigenvalue weighted by atomic mass is 127. The molecule has 0 aliphatic heterocycles. The Bertz CT molecular complexity index is 877. The number of rotatable bonds is 6. The molecule has 0 aliphatic carbocycles. The molecule has 0 aliphatic rings. The number of pyridine rings is 1. The van der Waals surface area contributed by atoms with Gasteiger partial charge in [-0.1, -0.05) is 6.07 Å². The van der Waals surface area contributed by atoms with Crippen molar-refractivity contribution in [3.63, 3.8) is 0 Å². The number of aliphatic imine (C=N–C) groups is 1. The van der Waals surface area contributed by atoms with Crippen LogP contribution in [0.2, 0.25) is 0 Å². The molecule has 3 aromatic rings. The lowest BCUT2D eigenvalue weighted by atomic mass is 10.2. The third kappa shape index (κ3) is 5.25. The lowest BCUT2D eigenvalue weighted by molar-refractivity contribution is 0.355. The Morgan fingerprint density at radius 2 is 1.96 bits per heavy atom. The van der Waals surface area contributed by atoms with Crippen molar-refractivity contribution in [1.82, 2.24) is 14.7 Å². The van der Waals surface area contributed by atoms with Gasteiger partial charge in [-0.05, 0) is 24.3 Å². The summed E-state index contributed by atoms with van der Waals surface area (Å²) >= 11 is 0. The maximum Gasteiger partial charge on any atom is 0.195 e. The molecule has 0 spiro atoms. The van der Waals surface area contributed by atoms with Crippen LogP contribution in [0, 0.1) is 0 Å². The molecule has 0 saturated carbocycles. The maximum atomic E-state index is 5.32. The molecule has 0 saturated heterocycles. The van der Waals surface area contributed by atoms with Crippen molar-refractivity contribution in [1.29, 1.82) is 0 Å². The zero-order valence-corrected chi connectivity index (χ0v) is 17.9. The van der Waals surface area contributed by atoms with Crippen LogP contribution < -0.4 is 20.1 Å². The first kappa shape index (κ1) is 20.8. The van der Waals surface area contributed by atoms with Crippen LogP contribution in [0.5, 0.6) is 11.5 Å². The molecule has 7 nitrogen and oxygen atoms in total. The molecule has 2 N–H and O–H groups in total. The Morgan fingerprint density at radius 3 is 2.67 bits per heavy atom. The second-order valence-electron chi connectivity index (χ2n) is 5.64. The number of benzene rings is 1. The first-order chi connectivity index (χ1) is 12.7. The SMILES string of the molecule is CN=C(NCCc1cn2ccccc2n1)Nc1ccc(OC)c(OC)c1.I. The summed E-state index contributed by atoms with van der Waals surface area (Å²) in [5, 5.41) is 6.54. The molecule has 2 heterocycles. The molecule has 1 aromatic carbocycles. The fourth-order valence-electron chi connectivity index (χ4n) is 2.65. The van der Waals surface area contributed by atoms with Crippen molar-refractivity contribution < 1.29 is 9.47 Å². The maximum absolute atomic E-state index is 5.32. The molecule has 2 aromatic heterocycles. The molecule has 144 valence electrons. The van der Waals surface area contributed by atoms with Gasteiger partial charge in [0.1, 0.15) is 5.65 Å². The van der Waals surface area contributed by atoms with E-state index in [1.807, 2.05) is 53.2 Å². The van der Waals surface area contributed by atoms with Crippen molar-refractivity contribution in [2.24, 2.45) is 4.99 Å². The first-order valence-electron chi connectivity index (χ1n) is 8.36. The number of nitrogens with zero attached hydrogens (tertiary/aromatic N) is 3. The second kappa shape index (κ2) is 10.0. The number of hydrogen-bond donors (Lipinski definition) is 2. The minimum absolute atomic E-state index is 0. The number of imidazole rings is 1. The number of hydrogen-bond acceptors (Lipinski definition) is 4. The van der Waals surface area contributed by atoms with Crippen LogP contribution in [0.25, 0.3) is 5.65 Å². The van der Waals surface area contributed by atoms with E-state index in [1.165, 1.54) is 0 Å². The van der Waals surface area contributed by atoms with Gasteiger partial charge in [-0.2, -0.15) is 0 Å². The summed E-state index contributed by atoms with van der Waals surface area (Å²) in [5.41, 5.74) is 2.85. The van der Waals surface area contributed by atoms with Gasteiger partial charge in [0.15, 0.2) is 17.5 Å². The van der Waals surface area contributed by atoms with Crippen LogP contribution >= 0.6 is 24.0 Å². The summed E-state index contributed by atoms with van der Waals surface area (Å²) in [5.74, 6) is 2.03. The van der Waals surface area contributed by atoms with Crippen LogP contribution in [-0.4, -0.2) is 43.2 Å². The fourth-order valence-corrected chi connectivity index (χ4v) is 2.65. The van der Waals surface area contributed by atoms with Crippen molar-refractivity contribution >= 4 is 41.3 Å². The summed E-state index contributed by atoms with van der Waals surface area (Å²) in [4.78, 5) is 8.85. The zero-order valence-electron chi connectivity index (χ0n) is 15.6. The van der Waals surface area contributed by atoms with E-state index >= 15 is 0 Å². The molecule has 0 radical (unpaired) electrons. The van der Waals surface area contributed by atoms with E-state index in [0.717, 1.165) is 30.0 Å².